The Morgan fingerprint density at radius 2 is 0.590 bits per heavy atom. The third kappa shape index (κ3) is 20.8. The second kappa shape index (κ2) is 40.4. The van der Waals surface area contributed by atoms with Gasteiger partial charge in [0.2, 0.25) is 58.8 Å². The fraction of sp³-hybridized carbons (Fsp3) is 0.158. The van der Waals surface area contributed by atoms with Crippen LogP contribution in [-0.4, -0.2) is 111 Å². The maximum Gasteiger partial charge on any atom is 0.573 e. The first-order chi connectivity index (χ1) is 69.6. The molecule has 3 aliphatic rings. The van der Waals surface area contributed by atoms with Crippen LogP contribution in [0.5, 0.6) is 11.5 Å². The molecule has 10 heterocycles. The molecule has 20 aromatic rings. The highest BCUT2D eigenvalue weighted by molar-refractivity contribution is 6.31. The number of rotatable bonds is 22. The van der Waals surface area contributed by atoms with Gasteiger partial charge >= 0.3 is 6.36 Å². The number of hydrogen-bond acceptors (Lipinski definition) is 27. The van der Waals surface area contributed by atoms with Crippen LogP contribution in [0.4, 0.5) is 126 Å². The van der Waals surface area contributed by atoms with E-state index in [-0.39, 0.29) is 92.7 Å². The number of fused-ring (bicyclic) bond motifs is 5. The maximum atomic E-state index is 14.7. The summed E-state index contributed by atoms with van der Waals surface area (Å²) in [5, 5.41) is 14.9. The normalized spacial score (nSPS) is 12.8. The molecular formula is C101H85Cl2F9N30O2. The number of aromatic nitrogens is 20. The second-order valence-electron chi connectivity index (χ2n) is 33.4. The van der Waals surface area contributed by atoms with Crippen molar-refractivity contribution in [2.24, 2.45) is 0 Å². The van der Waals surface area contributed by atoms with E-state index in [9.17, 15) is 39.5 Å². The molecule has 15 N–H and O–H groups in total. The number of aryl methyl sites for hydroxylation is 3. The van der Waals surface area contributed by atoms with E-state index >= 15 is 0 Å². The van der Waals surface area contributed by atoms with E-state index in [1.807, 2.05) is 175 Å². The van der Waals surface area contributed by atoms with Gasteiger partial charge in [0.15, 0.2) is 58.2 Å². The van der Waals surface area contributed by atoms with E-state index in [1.54, 1.807) is 69.3 Å². The number of imidazole rings is 5. The third-order valence-corrected chi connectivity index (χ3v) is 23.7. The molecule has 10 aromatic heterocycles. The number of nitrogens with two attached hydrogens (primary N) is 5. The van der Waals surface area contributed by atoms with Gasteiger partial charge in [0.05, 0.1) is 67.3 Å². The average molecular weight is 1990 g/mol. The zero-order valence-corrected chi connectivity index (χ0v) is 78.2. The zero-order valence-electron chi connectivity index (χ0n) is 76.7. The van der Waals surface area contributed by atoms with Crippen molar-refractivity contribution in [2.45, 2.75) is 96.3 Å². The van der Waals surface area contributed by atoms with Gasteiger partial charge in [0.1, 0.15) is 46.4 Å². The molecule has 3 saturated carbocycles. The number of nitrogen functional groups attached to an aromatic ring is 5. The first-order valence-corrected chi connectivity index (χ1v) is 46.0. The molecule has 0 atom stereocenters. The minimum absolute atomic E-state index is 0.0113. The molecule has 0 spiro atoms. The molecule has 23 rings (SSSR count). The highest BCUT2D eigenvalue weighted by atomic mass is 35.5. The third-order valence-electron chi connectivity index (χ3n) is 23.1. The first-order valence-electron chi connectivity index (χ1n) is 45.2. The van der Waals surface area contributed by atoms with E-state index in [0.717, 1.165) is 146 Å². The van der Waals surface area contributed by atoms with Crippen LogP contribution in [0.2, 0.25) is 10.0 Å². The molecule has 728 valence electrons. The lowest BCUT2D eigenvalue weighted by atomic mass is 10.2. The molecule has 3 aliphatic carbocycles. The Labute approximate surface area is 823 Å². The van der Waals surface area contributed by atoms with Crippen LogP contribution < -0.4 is 64.7 Å². The Kier molecular flexibility index (Phi) is 26.8. The average Bonchev–Trinajstić information content (AvgIpc) is 1.61. The van der Waals surface area contributed by atoms with Crippen LogP contribution in [0.25, 0.3) is 84.9 Å². The summed E-state index contributed by atoms with van der Waals surface area (Å²) < 4.78 is 142. The van der Waals surface area contributed by atoms with E-state index in [1.165, 1.54) is 24.3 Å². The van der Waals surface area contributed by atoms with Crippen molar-refractivity contribution in [3.8, 4) is 41.2 Å². The standard InChI is InChI=1S/C21H16F4N6O.C21H19FN6O.C21H19FN6.C19H15ClF2N6.C19H16ClFN6/c22-16-17(26)29-20(31-15-4-2-1-3-14(15)28-19(31)11-5-6-11)30-18(16)27-12-7-9-13(10-8-12)32-21(23,24)25;1-29-14-10-8-13(9-11-14)24-19-17(22)18(23)26-21(27-19)28-16-5-3-2-4-15(16)25-20(28)12-6-7-12;1-12-6-10-14(11-7-12)24-19-17(22)18(23)26-21(27-19)28-16-5-3-2-4-15(16)25-20(28)13-8-9-13;1-2-15-25-13-5-3-4-6-14(13)28(15)19-26-17(23)16(22)18(27-19)24-10-7-8-11(20)12(21)9-10;1-2-15-24-13-5-3-4-6-14(13)27(15)19-25-17(22)16(21)18(26-19)23-12-9-7-11(20)8-10-12/h1-4,7-11H,5-6H2,(H3,26,27,29,30);2-5,8-12H,6-7H2,1H3,(H3,23,24,26,27);2-7,10-11,13H,8-9H2,1H3,(H3,23,24,26,27);3-9H,2H2,1H3,(H3,23,24,26,27);3-10H,2H2,1H3,(H3,22,23,25,26). The predicted octanol–water partition coefficient (Wildman–Crippen LogP) is 22.8. The summed E-state index contributed by atoms with van der Waals surface area (Å²) in [4.78, 5) is 66.0. The van der Waals surface area contributed by atoms with Gasteiger partial charge in [-0.05, 0) is 209 Å². The second-order valence-corrected chi connectivity index (χ2v) is 34.2. The Hall–Kier alpha value is -17.5. The number of halogens is 11. The predicted molar refractivity (Wildman–Crippen MR) is 536 cm³/mol. The van der Waals surface area contributed by atoms with Gasteiger partial charge in [-0.1, -0.05) is 115 Å². The molecule has 0 saturated heterocycles. The number of benzene rings is 10. The monoisotopic (exact) mass is 1990 g/mol. The minimum Gasteiger partial charge on any atom is -0.497 e. The molecule has 3 fully saturated rings. The largest absolute Gasteiger partial charge is 0.573 e. The van der Waals surface area contributed by atoms with Gasteiger partial charge < -0.3 is 64.7 Å². The molecule has 0 unspecified atom stereocenters. The van der Waals surface area contributed by atoms with Gasteiger partial charge in [0, 0.05) is 64.1 Å². The molecule has 0 bridgehead atoms. The van der Waals surface area contributed by atoms with Gasteiger partial charge in [-0.2, -0.15) is 71.8 Å². The van der Waals surface area contributed by atoms with Crippen LogP contribution in [0.15, 0.2) is 237 Å². The fourth-order valence-electron chi connectivity index (χ4n) is 15.7. The summed E-state index contributed by atoms with van der Waals surface area (Å²) in [6, 6.07) is 68.6. The smallest absolute Gasteiger partial charge is 0.497 e. The maximum absolute atomic E-state index is 14.7. The molecular weight excluding hydrogens is 1910 g/mol. The lowest BCUT2D eigenvalue weighted by Crippen LogP contribution is -2.17. The van der Waals surface area contributed by atoms with Crippen LogP contribution in [0.1, 0.15) is 105 Å². The van der Waals surface area contributed by atoms with Gasteiger partial charge in [-0.25, -0.2) is 29.3 Å². The highest BCUT2D eigenvalue weighted by Gasteiger charge is 2.36. The van der Waals surface area contributed by atoms with Crippen molar-refractivity contribution in [3.63, 3.8) is 0 Å². The number of ether oxygens (including phenoxy) is 2. The van der Waals surface area contributed by atoms with Gasteiger partial charge in [-0.3, -0.25) is 22.8 Å². The lowest BCUT2D eigenvalue weighted by Gasteiger charge is -2.13. The van der Waals surface area contributed by atoms with Gasteiger partial charge in [0.25, 0.3) is 0 Å². The quantitative estimate of drug-likeness (QED) is 0.0282. The summed E-state index contributed by atoms with van der Waals surface area (Å²) >= 11 is 11.6. The summed E-state index contributed by atoms with van der Waals surface area (Å²) in [5.41, 5.74) is 41.1. The number of nitrogens with zero attached hydrogens (tertiary/aromatic N) is 20. The SMILES string of the molecule is CCc1nc2ccccc2n1-c1nc(N)c(F)c(Nc2ccc(Cl)c(F)c2)n1.CCc1nc2ccccc2n1-c1nc(N)c(F)c(Nc2ccc(Cl)cc2)n1.COc1ccc(Nc2nc(-n3c(C4CC4)nc4ccccc43)nc(N)c2F)cc1.Cc1ccc(Nc2nc(-n3c(C4CC4)nc4ccccc43)nc(N)c2F)cc1.Nc1nc(-n2c(C3CC3)nc3ccccc32)nc(Nc2ccc(OC(F)(F)F)cc2)c1F. The molecule has 0 radical (unpaired) electrons. The summed E-state index contributed by atoms with van der Waals surface area (Å²) in [6.07, 6.45) is 2.73. The summed E-state index contributed by atoms with van der Waals surface area (Å²) in [6.45, 7) is 5.92. The van der Waals surface area contributed by atoms with Crippen LogP contribution in [0.3, 0.4) is 0 Å². The van der Waals surface area contributed by atoms with Crippen molar-refractivity contribution in [2.75, 3.05) is 62.4 Å². The lowest BCUT2D eigenvalue weighted by molar-refractivity contribution is -0.274. The number of anilines is 15. The van der Waals surface area contributed by atoms with Crippen molar-refractivity contribution < 1.29 is 49.0 Å². The Bertz CT molecular complexity index is 8200. The summed E-state index contributed by atoms with van der Waals surface area (Å²) in [5.74, 6) is 0.417. The number of para-hydroxylation sites is 10. The van der Waals surface area contributed by atoms with Crippen LogP contribution in [0, 0.1) is 41.8 Å². The molecule has 0 aliphatic heterocycles. The molecule has 32 nitrogen and oxygen atoms in total. The van der Waals surface area contributed by atoms with E-state index < -0.39 is 47.0 Å². The van der Waals surface area contributed by atoms with Crippen LogP contribution in [-0.2, 0) is 12.8 Å². The highest BCUT2D eigenvalue weighted by Crippen LogP contribution is 2.46. The van der Waals surface area contributed by atoms with E-state index in [4.69, 9.17) is 66.6 Å². The van der Waals surface area contributed by atoms with E-state index in [2.05, 4.69) is 96.1 Å². The van der Waals surface area contributed by atoms with Crippen LogP contribution >= 0.6 is 23.2 Å². The van der Waals surface area contributed by atoms with E-state index in [0.29, 0.717) is 70.2 Å². The molecule has 43 heteroatoms. The Morgan fingerprint density at radius 3 is 0.882 bits per heavy atom. The number of alkyl halides is 3. The Morgan fingerprint density at radius 1 is 0.326 bits per heavy atom. The van der Waals surface area contributed by atoms with Crippen molar-refractivity contribution >= 4 is 165 Å². The zero-order chi connectivity index (χ0) is 100. The molecule has 0 amide bonds. The summed E-state index contributed by atoms with van der Waals surface area (Å²) in [7, 11) is 1.59. The number of methoxy groups -OCH3 is 1. The topological polar surface area (TPSA) is 427 Å². The fourth-order valence-corrected chi connectivity index (χ4v) is 15.9. The van der Waals surface area contributed by atoms with Crippen molar-refractivity contribution in [1.82, 2.24) is 97.6 Å². The molecule has 144 heavy (non-hydrogen) atoms. The first kappa shape index (κ1) is 95.4. The number of nitrogens with one attached hydrogen (secondary N) is 5. The van der Waals surface area contributed by atoms with Crippen molar-refractivity contribution in [3.05, 3.63) is 316 Å². The number of hydrogen-bond donors (Lipinski definition) is 10. The minimum atomic E-state index is -4.80. The molecule has 10 aromatic carbocycles. The van der Waals surface area contributed by atoms with Crippen molar-refractivity contribution in [1.29, 1.82) is 0 Å². The Balaban J connectivity index is 0.000000114. The van der Waals surface area contributed by atoms with Gasteiger partial charge in [-0.15, -0.1) is 13.2 Å².